The molecule has 0 aromatic rings. The topological polar surface area (TPSA) is 0 Å². The molecule has 0 N–H and O–H groups in total. The van der Waals surface area contributed by atoms with Crippen LogP contribution in [0.15, 0.2) is 34.9 Å². The highest BCUT2D eigenvalue weighted by Crippen LogP contribution is 2.25. The number of hydrogen-bond acceptors (Lipinski definition) is 0. The lowest BCUT2D eigenvalue weighted by molar-refractivity contribution is 0.362. The predicted molar refractivity (Wildman–Crippen MR) is 91.9 cm³/mol. The van der Waals surface area contributed by atoms with E-state index in [4.69, 9.17) is 0 Å². The van der Waals surface area contributed by atoms with E-state index in [-0.39, 0.29) is 0 Å². The van der Waals surface area contributed by atoms with Gasteiger partial charge in [0, 0.05) is 0 Å². The van der Waals surface area contributed by atoms with E-state index in [1.807, 2.05) is 0 Å². The molecule has 1 unspecified atom stereocenters. The Morgan fingerprint density at radius 3 is 1.85 bits per heavy atom. The van der Waals surface area contributed by atoms with E-state index in [9.17, 15) is 0 Å². The molecule has 0 nitrogen and oxygen atoms in total. The van der Waals surface area contributed by atoms with Crippen LogP contribution in [0.1, 0.15) is 79.6 Å². The molecule has 0 bridgehead atoms. The first-order valence-electron chi connectivity index (χ1n) is 8.46. The molecule has 0 aromatic heterocycles. The van der Waals surface area contributed by atoms with E-state index in [2.05, 4.69) is 52.8 Å². The molecule has 0 fully saturated rings. The zero-order chi connectivity index (χ0) is 15.0. The Morgan fingerprint density at radius 1 is 0.800 bits per heavy atom. The maximum Gasteiger partial charge on any atom is -0.0288 e. The van der Waals surface area contributed by atoms with Crippen LogP contribution >= 0.6 is 0 Å². The van der Waals surface area contributed by atoms with Gasteiger partial charge in [0.15, 0.2) is 0 Å². The molecule has 0 saturated heterocycles. The molecule has 0 radical (unpaired) electrons. The summed E-state index contributed by atoms with van der Waals surface area (Å²) in [5, 5.41) is 0. The fourth-order valence-corrected chi connectivity index (χ4v) is 2.89. The molecular formula is C20H34. The van der Waals surface area contributed by atoms with E-state index < -0.39 is 0 Å². The van der Waals surface area contributed by atoms with E-state index in [0.29, 0.717) is 0 Å². The molecule has 114 valence electrons. The van der Waals surface area contributed by atoms with Gasteiger partial charge in [-0.2, -0.15) is 0 Å². The predicted octanol–water partition coefficient (Wildman–Crippen LogP) is 6.84. The Kier molecular flexibility index (Phi) is 7.95. The highest BCUT2D eigenvalue weighted by molar-refractivity contribution is 5.07. The van der Waals surface area contributed by atoms with Gasteiger partial charge in [0.05, 0.1) is 0 Å². The molecule has 1 aliphatic carbocycles. The molecule has 0 spiro atoms. The van der Waals surface area contributed by atoms with Crippen LogP contribution in [0, 0.1) is 11.8 Å². The van der Waals surface area contributed by atoms with Crippen LogP contribution in [0.25, 0.3) is 0 Å². The van der Waals surface area contributed by atoms with E-state index >= 15 is 0 Å². The third-order valence-corrected chi connectivity index (χ3v) is 4.68. The van der Waals surface area contributed by atoms with Crippen molar-refractivity contribution in [2.45, 2.75) is 79.6 Å². The van der Waals surface area contributed by atoms with Crippen LogP contribution in [-0.2, 0) is 0 Å². The molecule has 0 saturated carbocycles. The minimum absolute atomic E-state index is 0.793. The minimum Gasteiger partial charge on any atom is -0.0853 e. The number of hydrogen-bond donors (Lipinski definition) is 0. The van der Waals surface area contributed by atoms with Gasteiger partial charge in [-0.25, -0.2) is 0 Å². The lowest BCUT2D eigenvalue weighted by Gasteiger charge is -2.20. The third kappa shape index (κ3) is 7.12. The summed E-state index contributed by atoms with van der Waals surface area (Å²) in [7, 11) is 0. The molecule has 1 aliphatic rings. The lowest BCUT2D eigenvalue weighted by atomic mass is 9.86. The average molecular weight is 274 g/mol. The van der Waals surface area contributed by atoms with E-state index in [1.54, 1.807) is 16.7 Å². The van der Waals surface area contributed by atoms with Gasteiger partial charge in [0.1, 0.15) is 0 Å². The first-order valence-corrected chi connectivity index (χ1v) is 8.46. The number of rotatable bonds is 1. The van der Waals surface area contributed by atoms with Gasteiger partial charge in [-0.3, -0.25) is 0 Å². The van der Waals surface area contributed by atoms with Crippen LogP contribution in [0.4, 0.5) is 0 Å². The summed E-state index contributed by atoms with van der Waals surface area (Å²) in [6.45, 7) is 11.6. The summed E-state index contributed by atoms with van der Waals surface area (Å²) in [5.74, 6) is 1.63. The van der Waals surface area contributed by atoms with Crippen LogP contribution in [0.3, 0.4) is 0 Å². The molecule has 1 atom stereocenters. The second-order valence-corrected chi connectivity index (χ2v) is 7.01. The van der Waals surface area contributed by atoms with Crippen LogP contribution in [-0.4, -0.2) is 0 Å². The summed E-state index contributed by atoms with van der Waals surface area (Å²) in [6.07, 6.45) is 16.2. The average Bonchev–Trinajstić information content (AvgIpc) is 2.37. The van der Waals surface area contributed by atoms with Gasteiger partial charge in [-0.15, -0.1) is 0 Å². The quantitative estimate of drug-likeness (QED) is 0.459. The highest BCUT2D eigenvalue weighted by atomic mass is 14.2. The first kappa shape index (κ1) is 17.3. The molecule has 0 aliphatic heterocycles. The Balaban J connectivity index is 2.75. The van der Waals surface area contributed by atoms with Gasteiger partial charge in [-0.1, -0.05) is 48.8 Å². The standard InChI is InChI=1S/C20H34/c1-16(2)20-14-12-18(4)10-6-8-17(3)9-7-11-19(5)13-15-20/h8,11-12,16,20H,6-7,9-10,13-15H2,1-5H3/b17-8+,18-12+,19-11+. The van der Waals surface area contributed by atoms with Crippen molar-refractivity contribution in [1.82, 2.24) is 0 Å². The maximum absolute atomic E-state index is 2.50. The molecular weight excluding hydrogens is 240 g/mol. The summed E-state index contributed by atoms with van der Waals surface area (Å²) in [6, 6.07) is 0. The van der Waals surface area contributed by atoms with Crippen molar-refractivity contribution in [2.24, 2.45) is 11.8 Å². The van der Waals surface area contributed by atoms with Crippen molar-refractivity contribution in [3.8, 4) is 0 Å². The molecule has 0 amide bonds. The fraction of sp³-hybridized carbons (Fsp3) is 0.700. The largest absolute Gasteiger partial charge is 0.0853 e. The van der Waals surface area contributed by atoms with Gasteiger partial charge in [0.25, 0.3) is 0 Å². The molecule has 0 aromatic carbocycles. The van der Waals surface area contributed by atoms with Crippen molar-refractivity contribution in [2.75, 3.05) is 0 Å². The van der Waals surface area contributed by atoms with Crippen LogP contribution in [0.5, 0.6) is 0 Å². The van der Waals surface area contributed by atoms with Crippen molar-refractivity contribution < 1.29 is 0 Å². The van der Waals surface area contributed by atoms with Gasteiger partial charge in [-0.05, 0) is 77.6 Å². The zero-order valence-corrected chi connectivity index (χ0v) is 14.3. The highest BCUT2D eigenvalue weighted by Gasteiger charge is 2.12. The smallest absolute Gasteiger partial charge is 0.0288 e. The summed E-state index contributed by atoms with van der Waals surface area (Å²) in [4.78, 5) is 0. The normalized spacial score (nSPS) is 31.5. The zero-order valence-electron chi connectivity index (χ0n) is 14.3. The third-order valence-electron chi connectivity index (χ3n) is 4.68. The van der Waals surface area contributed by atoms with Crippen molar-refractivity contribution in [3.05, 3.63) is 34.9 Å². The van der Waals surface area contributed by atoms with Gasteiger partial charge < -0.3 is 0 Å². The summed E-state index contributed by atoms with van der Waals surface area (Å²) >= 11 is 0. The van der Waals surface area contributed by atoms with E-state index in [0.717, 1.165) is 11.8 Å². The Hall–Kier alpha value is -0.780. The minimum atomic E-state index is 0.793. The Bertz CT molecular complexity index is 365. The Morgan fingerprint density at radius 2 is 1.30 bits per heavy atom. The van der Waals surface area contributed by atoms with Crippen molar-refractivity contribution in [3.63, 3.8) is 0 Å². The molecule has 20 heavy (non-hydrogen) atoms. The van der Waals surface area contributed by atoms with Crippen molar-refractivity contribution in [1.29, 1.82) is 0 Å². The molecule has 1 rings (SSSR count). The number of allylic oxidation sites excluding steroid dienone is 6. The summed E-state index contributed by atoms with van der Waals surface area (Å²) < 4.78 is 0. The first-order chi connectivity index (χ1) is 9.49. The maximum atomic E-state index is 2.50. The van der Waals surface area contributed by atoms with Crippen molar-refractivity contribution >= 4 is 0 Å². The SMILES string of the molecule is C/C1=C\CC/C(C)=C/CC(C(C)C)CC/C(C)=C/CC1. The fourth-order valence-electron chi connectivity index (χ4n) is 2.89. The molecule has 0 heteroatoms. The Labute approximate surface area is 127 Å². The summed E-state index contributed by atoms with van der Waals surface area (Å²) in [5.41, 5.74) is 4.71. The monoisotopic (exact) mass is 274 g/mol. The lowest BCUT2D eigenvalue weighted by Crippen LogP contribution is -2.08. The molecule has 0 heterocycles. The van der Waals surface area contributed by atoms with E-state index in [1.165, 1.54) is 44.9 Å². The van der Waals surface area contributed by atoms with Gasteiger partial charge >= 0.3 is 0 Å². The second kappa shape index (κ2) is 9.21. The van der Waals surface area contributed by atoms with Crippen LogP contribution < -0.4 is 0 Å². The van der Waals surface area contributed by atoms with Crippen LogP contribution in [0.2, 0.25) is 0 Å². The van der Waals surface area contributed by atoms with Gasteiger partial charge in [0.2, 0.25) is 0 Å². The second-order valence-electron chi connectivity index (χ2n) is 7.01.